The molecule has 0 atom stereocenters. The minimum Gasteiger partial charge on any atom is -0.366 e. The lowest BCUT2D eigenvalue weighted by Crippen LogP contribution is -1.98. The van der Waals surface area contributed by atoms with Crippen molar-refractivity contribution in [2.24, 2.45) is 0 Å². The molecule has 0 aliphatic heterocycles. The molecule has 1 aromatic carbocycles. The highest BCUT2D eigenvalue weighted by Crippen LogP contribution is 2.21. The van der Waals surface area contributed by atoms with Crippen LogP contribution in [0, 0.1) is 3.57 Å². The Balaban J connectivity index is 2.55. The van der Waals surface area contributed by atoms with Gasteiger partial charge >= 0.3 is 0 Å². The molecular weight excluding hydrogens is 359 g/mol. The molecule has 2 rings (SSSR count). The van der Waals surface area contributed by atoms with Crippen LogP contribution in [-0.2, 0) is 0 Å². The lowest BCUT2D eigenvalue weighted by Gasteiger charge is -2.03. The van der Waals surface area contributed by atoms with E-state index in [9.17, 15) is 0 Å². The second-order valence-electron chi connectivity index (χ2n) is 2.64. The topological polar surface area (TPSA) is 56.7 Å². The van der Waals surface area contributed by atoms with E-state index in [1.54, 1.807) is 11.0 Å². The molecule has 1 aromatic heterocycles. The summed E-state index contributed by atoms with van der Waals surface area (Å²) < 4.78 is 3.75. The molecule has 14 heavy (non-hydrogen) atoms. The van der Waals surface area contributed by atoms with Crippen molar-refractivity contribution in [1.82, 2.24) is 14.8 Å². The van der Waals surface area contributed by atoms with Gasteiger partial charge in [-0.15, -0.1) is 5.10 Å². The van der Waals surface area contributed by atoms with Crippen LogP contribution in [0.4, 0.5) is 5.95 Å². The molecule has 0 radical (unpaired) electrons. The lowest BCUT2D eigenvalue weighted by molar-refractivity contribution is 0.877. The predicted molar refractivity (Wildman–Crippen MR) is 66.2 cm³/mol. The van der Waals surface area contributed by atoms with Crippen LogP contribution in [0.3, 0.4) is 0 Å². The molecule has 2 N–H and O–H groups in total. The Morgan fingerprint density at radius 2 is 2.21 bits per heavy atom. The minimum atomic E-state index is 0.278. The van der Waals surface area contributed by atoms with Crippen LogP contribution in [0.15, 0.2) is 29.0 Å². The maximum absolute atomic E-state index is 5.45. The molecule has 0 fully saturated rings. The van der Waals surface area contributed by atoms with Crippen LogP contribution in [0.2, 0.25) is 0 Å². The van der Waals surface area contributed by atoms with Crippen molar-refractivity contribution in [3.8, 4) is 5.69 Å². The van der Waals surface area contributed by atoms with Crippen LogP contribution in [0.5, 0.6) is 0 Å². The Labute approximate surface area is 103 Å². The molecule has 2 aromatic rings. The van der Waals surface area contributed by atoms with Crippen molar-refractivity contribution >= 4 is 44.5 Å². The molecule has 1 heterocycles. The third kappa shape index (κ3) is 1.90. The van der Waals surface area contributed by atoms with E-state index in [0.717, 1.165) is 13.7 Å². The first kappa shape index (κ1) is 9.91. The maximum Gasteiger partial charge on any atom is 0.239 e. The van der Waals surface area contributed by atoms with Crippen molar-refractivity contribution in [3.05, 3.63) is 32.6 Å². The van der Waals surface area contributed by atoms with Gasteiger partial charge in [0.15, 0.2) is 0 Å². The predicted octanol–water partition coefficient (Wildman–Crippen LogP) is 2.22. The zero-order valence-electron chi connectivity index (χ0n) is 6.98. The monoisotopic (exact) mass is 364 g/mol. The summed E-state index contributed by atoms with van der Waals surface area (Å²) in [6, 6.07) is 5.94. The third-order valence-electron chi connectivity index (χ3n) is 1.66. The molecule has 0 amide bonds. The molecule has 6 heteroatoms. The Bertz CT molecular complexity index is 468. The van der Waals surface area contributed by atoms with Gasteiger partial charge in [0.05, 0.1) is 5.69 Å². The van der Waals surface area contributed by atoms with Crippen molar-refractivity contribution in [2.45, 2.75) is 0 Å². The van der Waals surface area contributed by atoms with Crippen molar-refractivity contribution < 1.29 is 0 Å². The number of anilines is 1. The summed E-state index contributed by atoms with van der Waals surface area (Å²) >= 11 is 5.64. The largest absolute Gasteiger partial charge is 0.366 e. The first-order valence-corrected chi connectivity index (χ1v) is 5.66. The summed E-state index contributed by atoms with van der Waals surface area (Å²) in [6.07, 6.45) is 1.60. The highest BCUT2D eigenvalue weighted by atomic mass is 127. The van der Waals surface area contributed by atoms with E-state index in [4.69, 9.17) is 5.73 Å². The molecule has 0 saturated heterocycles. The second-order valence-corrected chi connectivity index (χ2v) is 4.72. The molecule has 0 bridgehead atoms. The van der Waals surface area contributed by atoms with E-state index < -0.39 is 0 Å². The van der Waals surface area contributed by atoms with Crippen molar-refractivity contribution in [3.63, 3.8) is 0 Å². The number of hydrogen-bond acceptors (Lipinski definition) is 3. The second kappa shape index (κ2) is 3.85. The fraction of sp³-hybridized carbons (Fsp3) is 0. The quantitative estimate of drug-likeness (QED) is 0.789. The Kier molecular flexibility index (Phi) is 2.73. The van der Waals surface area contributed by atoms with E-state index in [1.807, 2.05) is 18.2 Å². The zero-order valence-corrected chi connectivity index (χ0v) is 10.7. The van der Waals surface area contributed by atoms with Crippen LogP contribution in [0.25, 0.3) is 5.69 Å². The first-order valence-electron chi connectivity index (χ1n) is 3.79. The van der Waals surface area contributed by atoms with Gasteiger partial charge in [0, 0.05) is 8.04 Å². The lowest BCUT2D eigenvalue weighted by atomic mass is 10.3. The van der Waals surface area contributed by atoms with Gasteiger partial charge in [-0.2, -0.15) is 0 Å². The number of nitrogens with zero attached hydrogens (tertiary/aromatic N) is 3. The fourth-order valence-corrected chi connectivity index (χ4v) is 1.98. The van der Waals surface area contributed by atoms with Crippen molar-refractivity contribution in [1.29, 1.82) is 0 Å². The highest BCUT2D eigenvalue weighted by Gasteiger charge is 2.04. The summed E-state index contributed by atoms with van der Waals surface area (Å²) in [7, 11) is 0. The van der Waals surface area contributed by atoms with Crippen molar-refractivity contribution in [2.75, 3.05) is 5.73 Å². The van der Waals surface area contributed by atoms with E-state index in [-0.39, 0.29) is 5.95 Å². The summed E-state index contributed by atoms with van der Waals surface area (Å²) in [6.45, 7) is 0. The normalized spacial score (nSPS) is 10.4. The van der Waals surface area contributed by atoms with Gasteiger partial charge in [-0.1, -0.05) is 15.9 Å². The fourth-order valence-electron chi connectivity index (χ4n) is 1.05. The van der Waals surface area contributed by atoms with E-state index in [2.05, 4.69) is 48.6 Å². The Morgan fingerprint density at radius 1 is 1.43 bits per heavy atom. The molecular formula is C8H6BrIN4. The number of nitrogens with two attached hydrogens (primary N) is 1. The molecule has 0 saturated carbocycles. The van der Waals surface area contributed by atoms with Gasteiger partial charge in [-0.25, -0.2) is 9.67 Å². The van der Waals surface area contributed by atoms with Gasteiger partial charge in [-0.3, -0.25) is 0 Å². The number of aromatic nitrogens is 3. The number of halogens is 2. The summed E-state index contributed by atoms with van der Waals surface area (Å²) in [5.74, 6) is 0.278. The van der Waals surface area contributed by atoms with E-state index in [1.165, 1.54) is 0 Å². The molecule has 72 valence electrons. The number of nitrogen functional groups attached to an aromatic ring is 1. The average molecular weight is 365 g/mol. The van der Waals surface area contributed by atoms with E-state index in [0.29, 0.717) is 0 Å². The van der Waals surface area contributed by atoms with Crippen LogP contribution >= 0.6 is 38.5 Å². The molecule has 0 aliphatic carbocycles. The summed E-state index contributed by atoms with van der Waals surface area (Å²) in [5.41, 5.74) is 6.41. The maximum atomic E-state index is 5.45. The van der Waals surface area contributed by atoms with Crippen LogP contribution in [-0.4, -0.2) is 14.8 Å². The molecule has 4 nitrogen and oxygen atoms in total. The van der Waals surface area contributed by atoms with E-state index >= 15 is 0 Å². The SMILES string of the molecule is Nc1ncn(-c2cc(Br)ccc2I)n1. The molecule has 0 spiro atoms. The third-order valence-corrected chi connectivity index (χ3v) is 3.07. The van der Waals surface area contributed by atoms with Gasteiger partial charge in [0.1, 0.15) is 6.33 Å². The standard InChI is InChI=1S/C8H6BrIN4/c9-5-1-2-6(10)7(3-5)14-4-12-8(11)13-14/h1-4H,(H2,11,13). The van der Waals surface area contributed by atoms with Gasteiger partial charge < -0.3 is 5.73 Å². The van der Waals surface area contributed by atoms with Gasteiger partial charge in [0.2, 0.25) is 5.95 Å². The molecule has 0 aliphatic rings. The van der Waals surface area contributed by atoms with Crippen LogP contribution in [0.1, 0.15) is 0 Å². The van der Waals surface area contributed by atoms with Gasteiger partial charge in [-0.05, 0) is 40.8 Å². The number of hydrogen-bond donors (Lipinski definition) is 1. The zero-order chi connectivity index (χ0) is 10.1. The Hall–Kier alpha value is -0.630. The minimum absolute atomic E-state index is 0.278. The summed E-state index contributed by atoms with van der Waals surface area (Å²) in [5, 5.41) is 4.04. The molecule has 0 unspecified atom stereocenters. The highest BCUT2D eigenvalue weighted by molar-refractivity contribution is 14.1. The van der Waals surface area contributed by atoms with Crippen LogP contribution < -0.4 is 5.73 Å². The average Bonchev–Trinajstić information content (AvgIpc) is 2.56. The first-order chi connectivity index (χ1) is 6.66. The number of benzene rings is 1. The summed E-state index contributed by atoms with van der Waals surface area (Å²) in [4.78, 5) is 3.87. The Morgan fingerprint density at radius 3 is 2.86 bits per heavy atom. The van der Waals surface area contributed by atoms with Gasteiger partial charge in [0.25, 0.3) is 0 Å². The smallest absolute Gasteiger partial charge is 0.239 e. The number of rotatable bonds is 1.